The van der Waals surface area contributed by atoms with Gasteiger partial charge in [0.05, 0.1) is 79.4 Å². The predicted octanol–water partition coefficient (Wildman–Crippen LogP) is 5.35. The van der Waals surface area contributed by atoms with E-state index in [4.69, 9.17) is 47.4 Å². The Bertz CT molecular complexity index is 2020. The van der Waals surface area contributed by atoms with Gasteiger partial charge in [-0.15, -0.1) is 0 Å². The molecule has 18 heteroatoms. The van der Waals surface area contributed by atoms with E-state index in [1.54, 1.807) is 38.1 Å². The van der Waals surface area contributed by atoms with Crippen LogP contribution in [0.5, 0.6) is 57.5 Å². The van der Waals surface area contributed by atoms with Crippen molar-refractivity contribution >= 4 is 36.2 Å². The van der Waals surface area contributed by atoms with E-state index in [1.807, 2.05) is 0 Å². The average Bonchev–Trinajstić information content (AvgIpc) is 3.26. The zero-order chi connectivity index (χ0) is 43.6. The molecule has 0 unspecified atom stereocenters. The highest BCUT2D eigenvalue weighted by Gasteiger charge is 2.22. The van der Waals surface area contributed by atoms with Crippen LogP contribution in [-0.2, 0) is 9.59 Å². The predicted molar refractivity (Wildman–Crippen MR) is 218 cm³/mol. The van der Waals surface area contributed by atoms with Crippen LogP contribution in [0.15, 0.2) is 70.9 Å². The van der Waals surface area contributed by atoms with Crippen molar-refractivity contribution in [1.82, 2.24) is 10.9 Å². The van der Waals surface area contributed by atoms with Crippen molar-refractivity contribution < 1.29 is 66.5 Å². The van der Waals surface area contributed by atoms with Crippen LogP contribution in [0.25, 0.3) is 0 Å². The molecule has 0 fully saturated rings. The molecule has 18 nitrogen and oxygen atoms in total. The molecule has 0 atom stereocenters. The van der Waals surface area contributed by atoms with E-state index >= 15 is 0 Å². The molecule has 0 heterocycles. The molecule has 60 heavy (non-hydrogen) atoms. The molecule has 0 spiro atoms. The summed E-state index contributed by atoms with van der Waals surface area (Å²) in [5.41, 5.74) is 6.09. The zero-order valence-corrected chi connectivity index (χ0v) is 34.4. The summed E-state index contributed by atoms with van der Waals surface area (Å²) < 4.78 is 54.5. The fraction of sp³-hybridized carbons (Fsp3) is 0.286. The summed E-state index contributed by atoms with van der Waals surface area (Å²) >= 11 is 0. The lowest BCUT2D eigenvalue weighted by Gasteiger charge is -2.15. The lowest BCUT2D eigenvalue weighted by Crippen LogP contribution is -2.22. The molecular weight excluding hydrogens is 784 g/mol. The third-order valence-electron chi connectivity index (χ3n) is 8.13. The molecule has 0 radical (unpaired) electrons. The van der Waals surface area contributed by atoms with Crippen LogP contribution in [-0.4, -0.2) is 92.1 Å². The van der Waals surface area contributed by atoms with Crippen molar-refractivity contribution in [2.45, 2.75) is 26.7 Å². The van der Waals surface area contributed by atoms with Gasteiger partial charge in [-0.05, 0) is 85.6 Å². The number of hydrogen-bond donors (Lipinski definition) is 2. The van der Waals surface area contributed by atoms with Gasteiger partial charge >= 0.3 is 11.9 Å². The molecule has 0 aliphatic carbocycles. The summed E-state index contributed by atoms with van der Waals surface area (Å²) in [6.07, 6.45) is 2.37. The summed E-state index contributed by atoms with van der Waals surface area (Å²) in [5.74, 6) is 0.149. The number of nitrogens with zero attached hydrogens (tertiary/aromatic N) is 2. The number of rotatable bonds is 21. The van der Waals surface area contributed by atoms with Gasteiger partial charge in [0.25, 0.3) is 0 Å². The molecule has 0 bridgehead atoms. The van der Waals surface area contributed by atoms with E-state index in [-0.39, 0.29) is 83.2 Å². The SMILES string of the molecule is CCOc1cc(C=NNC(=O)CCC(=O)NN=Cc2ccc(OC(=O)c3cc(OC)c(OC)c(OC)c3)c(OCC)c2)ccc1OC(=O)c1cc(OC)c(OC)c(OC)c1. The number of hydrazone groups is 2. The van der Waals surface area contributed by atoms with Crippen LogP contribution in [0.4, 0.5) is 0 Å². The fourth-order valence-electron chi connectivity index (χ4n) is 5.33. The van der Waals surface area contributed by atoms with Crippen LogP contribution < -0.4 is 58.2 Å². The Morgan fingerprint density at radius 2 is 0.833 bits per heavy atom. The highest BCUT2D eigenvalue weighted by Crippen LogP contribution is 2.40. The monoisotopic (exact) mass is 830 g/mol. The highest BCUT2D eigenvalue weighted by molar-refractivity contribution is 5.94. The maximum Gasteiger partial charge on any atom is 0.343 e. The molecule has 0 aromatic heterocycles. The van der Waals surface area contributed by atoms with Crippen LogP contribution in [0.2, 0.25) is 0 Å². The van der Waals surface area contributed by atoms with Crippen molar-refractivity contribution in [3.8, 4) is 57.5 Å². The molecule has 4 aromatic carbocycles. The van der Waals surface area contributed by atoms with Gasteiger partial charge in [0.15, 0.2) is 46.0 Å². The number of esters is 2. The normalized spacial score (nSPS) is 10.7. The molecule has 0 saturated heterocycles. The van der Waals surface area contributed by atoms with Gasteiger partial charge in [-0.3, -0.25) is 9.59 Å². The number of amides is 2. The van der Waals surface area contributed by atoms with E-state index in [1.165, 1.54) is 91.5 Å². The van der Waals surface area contributed by atoms with Gasteiger partial charge in [-0.2, -0.15) is 10.2 Å². The molecule has 0 aliphatic rings. The van der Waals surface area contributed by atoms with E-state index in [0.717, 1.165) is 0 Å². The smallest absolute Gasteiger partial charge is 0.343 e. The number of hydrogen-bond acceptors (Lipinski definition) is 16. The molecule has 4 rings (SSSR count). The molecule has 0 aliphatic heterocycles. The Morgan fingerprint density at radius 1 is 0.483 bits per heavy atom. The number of carbonyl (C=O) groups is 4. The van der Waals surface area contributed by atoms with Gasteiger partial charge in [-0.25, -0.2) is 20.4 Å². The maximum atomic E-state index is 13.1. The molecular formula is C42H46N4O14. The lowest BCUT2D eigenvalue weighted by atomic mass is 10.1. The largest absolute Gasteiger partial charge is 0.493 e. The summed E-state index contributed by atoms with van der Waals surface area (Å²) in [7, 11) is 8.65. The van der Waals surface area contributed by atoms with Crippen molar-refractivity contribution in [3.05, 3.63) is 82.9 Å². The van der Waals surface area contributed by atoms with Crippen LogP contribution >= 0.6 is 0 Å². The number of benzene rings is 4. The molecule has 0 saturated carbocycles. The summed E-state index contributed by atoms with van der Waals surface area (Å²) in [5, 5.41) is 7.91. The third-order valence-corrected chi connectivity index (χ3v) is 8.13. The van der Waals surface area contributed by atoms with Gasteiger partial charge in [0, 0.05) is 12.8 Å². The average molecular weight is 831 g/mol. The van der Waals surface area contributed by atoms with Gasteiger partial charge in [0.1, 0.15) is 0 Å². The number of nitrogens with one attached hydrogen (secondary N) is 2. The Morgan fingerprint density at radius 3 is 1.13 bits per heavy atom. The van der Waals surface area contributed by atoms with Crippen molar-refractivity contribution in [2.24, 2.45) is 10.2 Å². The molecule has 2 N–H and O–H groups in total. The van der Waals surface area contributed by atoms with Gasteiger partial charge in [0.2, 0.25) is 23.3 Å². The van der Waals surface area contributed by atoms with Crippen molar-refractivity contribution in [3.63, 3.8) is 0 Å². The lowest BCUT2D eigenvalue weighted by molar-refractivity contribution is -0.126. The first-order valence-corrected chi connectivity index (χ1v) is 18.2. The number of ether oxygens (including phenoxy) is 10. The zero-order valence-electron chi connectivity index (χ0n) is 34.4. The first kappa shape index (κ1) is 45.2. The first-order chi connectivity index (χ1) is 29.0. The maximum absolute atomic E-state index is 13.1. The Kier molecular flexibility index (Phi) is 16.9. The Labute approximate surface area is 346 Å². The molecule has 2 amide bonds. The number of carbonyl (C=O) groups excluding carboxylic acids is 4. The fourth-order valence-corrected chi connectivity index (χ4v) is 5.33. The van der Waals surface area contributed by atoms with E-state index in [2.05, 4.69) is 21.1 Å². The Hall–Kier alpha value is -7.50. The topological polar surface area (TPSA) is 209 Å². The van der Waals surface area contributed by atoms with Crippen LogP contribution in [0.3, 0.4) is 0 Å². The van der Waals surface area contributed by atoms with Crippen molar-refractivity contribution in [1.29, 1.82) is 0 Å². The van der Waals surface area contributed by atoms with E-state index in [9.17, 15) is 19.2 Å². The van der Waals surface area contributed by atoms with Gasteiger partial charge in [-0.1, -0.05) is 0 Å². The Balaban J connectivity index is 1.29. The highest BCUT2D eigenvalue weighted by atomic mass is 16.6. The second kappa shape index (κ2) is 22.4. The second-order valence-corrected chi connectivity index (χ2v) is 12.0. The standard InChI is InChI=1S/C42H46N4O14/c1-9-57-31-17-25(11-13-29(31)59-41(49)27-19-33(51-3)39(55-7)34(20-27)52-4)23-43-45-37(47)15-16-38(48)46-44-24-26-12-14-30(32(18-26)58-10-2)60-42(50)28-21-35(53-5)40(56-8)36(22-28)54-6/h11-14,17-24H,9-10,15-16H2,1-8H3,(H,45,47)(H,46,48). The van der Waals surface area contributed by atoms with Crippen LogP contribution in [0, 0.1) is 0 Å². The minimum atomic E-state index is -0.696. The number of methoxy groups -OCH3 is 6. The van der Waals surface area contributed by atoms with Crippen molar-refractivity contribution in [2.75, 3.05) is 55.9 Å². The van der Waals surface area contributed by atoms with Gasteiger partial charge < -0.3 is 47.4 Å². The van der Waals surface area contributed by atoms with E-state index in [0.29, 0.717) is 22.6 Å². The van der Waals surface area contributed by atoms with Crippen LogP contribution in [0.1, 0.15) is 58.5 Å². The summed E-state index contributed by atoms with van der Waals surface area (Å²) in [6.45, 7) is 4.08. The minimum Gasteiger partial charge on any atom is -0.493 e. The molecule has 318 valence electrons. The quantitative estimate of drug-likeness (QED) is 0.0470. The summed E-state index contributed by atoms with van der Waals surface area (Å²) in [6, 6.07) is 15.3. The second-order valence-electron chi connectivity index (χ2n) is 12.0. The minimum absolute atomic E-state index is 0.145. The first-order valence-electron chi connectivity index (χ1n) is 18.2. The molecule has 4 aromatic rings. The summed E-state index contributed by atoms with van der Waals surface area (Å²) in [4.78, 5) is 51.0. The van der Waals surface area contributed by atoms with E-state index < -0.39 is 23.8 Å². The third kappa shape index (κ3) is 12.0.